The SMILES string of the molecule is C[C@@]12CCC3(CC3)[C@@H]1[C@@]1(O)CC[C@]3(C)C(=O)CCC[C@@]31C2. The highest BCUT2D eigenvalue weighted by atomic mass is 16.3. The Bertz CT molecular complexity index is 550. The summed E-state index contributed by atoms with van der Waals surface area (Å²) in [7, 11) is 0. The molecule has 2 nitrogen and oxygen atoms in total. The Hall–Kier alpha value is -0.370. The third-order valence-electron chi connectivity index (χ3n) is 9.09. The molecule has 1 N–H and O–H groups in total. The zero-order valence-electron chi connectivity index (χ0n) is 13.5. The van der Waals surface area contributed by atoms with E-state index in [0.29, 0.717) is 22.5 Å². The molecule has 0 saturated heterocycles. The molecule has 0 unspecified atom stereocenters. The van der Waals surface area contributed by atoms with Gasteiger partial charge in [0.15, 0.2) is 0 Å². The van der Waals surface area contributed by atoms with Gasteiger partial charge in [-0.1, -0.05) is 13.8 Å². The fraction of sp³-hybridized carbons (Fsp3) is 0.947. The highest BCUT2D eigenvalue weighted by molar-refractivity contribution is 5.87. The van der Waals surface area contributed by atoms with E-state index in [1.54, 1.807) is 0 Å². The first kappa shape index (κ1) is 13.1. The molecule has 0 aromatic rings. The number of carbonyl (C=O) groups excluding carboxylic acids is 1. The summed E-state index contributed by atoms with van der Waals surface area (Å²) in [6, 6.07) is 0. The van der Waals surface area contributed by atoms with Crippen LogP contribution in [0.2, 0.25) is 0 Å². The van der Waals surface area contributed by atoms with Crippen molar-refractivity contribution < 1.29 is 9.90 Å². The Morgan fingerprint density at radius 3 is 2.43 bits per heavy atom. The van der Waals surface area contributed by atoms with E-state index in [4.69, 9.17) is 0 Å². The van der Waals surface area contributed by atoms with Gasteiger partial charge >= 0.3 is 0 Å². The second-order valence-corrected chi connectivity index (χ2v) is 9.74. The van der Waals surface area contributed by atoms with Gasteiger partial charge in [0.1, 0.15) is 5.78 Å². The van der Waals surface area contributed by atoms with Crippen LogP contribution in [-0.4, -0.2) is 16.5 Å². The van der Waals surface area contributed by atoms with Crippen LogP contribution in [-0.2, 0) is 4.79 Å². The summed E-state index contributed by atoms with van der Waals surface area (Å²) in [6.45, 7) is 4.64. The van der Waals surface area contributed by atoms with Crippen LogP contribution in [0.5, 0.6) is 0 Å². The summed E-state index contributed by atoms with van der Waals surface area (Å²) in [6.07, 6.45) is 11.1. The van der Waals surface area contributed by atoms with Gasteiger partial charge in [0.05, 0.1) is 5.60 Å². The van der Waals surface area contributed by atoms with Gasteiger partial charge in [-0.3, -0.25) is 4.79 Å². The van der Waals surface area contributed by atoms with Crippen LogP contribution in [0.3, 0.4) is 0 Å². The molecule has 0 bridgehead atoms. The smallest absolute Gasteiger partial charge is 0.139 e. The molecule has 116 valence electrons. The van der Waals surface area contributed by atoms with E-state index in [2.05, 4.69) is 13.8 Å². The number of hydrogen-bond donors (Lipinski definition) is 1. The first-order valence-corrected chi connectivity index (χ1v) is 9.08. The van der Waals surface area contributed by atoms with Crippen molar-refractivity contribution in [1.82, 2.24) is 0 Å². The average molecular weight is 288 g/mol. The summed E-state index contributed by atoms with van der Waals surface area (Å²) < 4.78 is 0. The number of hydrogen-bond acceptors (Lipinski definition) is 2. The maximum atomic E-state index is 12.8. The molecule has 5 fully saturated rings. The molecule has 5 saturated carbocycles. The minimum Gasteiger partial charge on any atom is -0.389 e. The monoisotopic (exact) mass is 288 g/mol. The van der Waals surface area contributed by atoms with Crippen molar-refractivity contribution in [2.24, 2.45) is 27.6 Å². The molecule has 0 aromatic carbocycles. The molecule has 0 aromatic heterocycles. The predicted molar refractivity (Wildman–Crippen MR) is 80.7 cm³/mol. The van der Waals surface area contributed by atoms with Gasteiger partial charge in [-0.05, 0) is 74.5 Å². The summed E-state index contributed by atoms with van der Waals surface area (Å²) in [5.41, 5.74) is -0.114. The second kappa shape index (κ2) is 3.27. The van der Waals surface area contributed by atoms with Gasteiger partial charge in [-0.2, -0.15) is 0 Å². The van der Waals surface area contributed by atoms with Crippen molar-refractivity contribution in [2.45, 2.75) is 83.7 Å². The Morgan fingerprint density at radius 2 is 1.71 bits per heavy atom. The van der Waals surface area contributed by atoms with E-state index in [-0.39, 0.29) is 10.8 Å². The van der Waals surface area contributed by atoms with E-state index in [1.165, 1.54) is 25.7 Å². The van der Waals surface area contributed by atoms with Crippen LogP contribution < -0.4 is 0 Å². The number of Topliss-reactive ketones (excluding diaryl/α,β-unsaturated/α-hetero) is 1. The van der Waals surface area contributed by atoms with Crippen LogP contribution >= 0.6 is 0 Å². The summed E-state index contributed by atoms with van der Waals surface area (Å²) in [4.78, 5) is 12.8. The normalized spacial score (nSPS) is 60.0. The molecule has 0 amide bonds. The number of rotatable bonds is 0. The van der Waals surface area contributed by atoms with Crippen LogP contribution in [0.1, 0.15) is 78.1 Å². The van der Waals surface area contributed by atoms with E-state index in [0.717, 1.165) is 38.5 Å². The summed E-state index contributed by atoms with van der Waals surface area (Å²) >= 11 is 0. The largest absolute Gasteiger partial charge is 0.389 e. The first-order valence-electron chi connectivity index (χ1n) is 9.08. The number of ketones is 1. The van der Waals surface area contributed by atoms with Gasteiger partial charge in [0, 0.05) is 17.3 Å². The quantitative estimate of drug-likeness (QED) is 0.735. The minimum atomic E-state index is -0.542. The molecule has 2 heteroatoms. The minimum absolute atomic E-state index is 0.0925. The molecule has 5 rings (SSSR count). The Balaban J connectivity index is 1.71. The summed E-state index contributed by atoms with van der Waals surface area (Å²) in [5.74, 6) is 0.934. The first-order chi connectivity index (χ1) is 9.82. The maximum Gasteiger partial charge on any atom is 0.139 e. The molecule has 5 atom stereocenters. The zero-order chi connectivity index (χ0) is 14.7. The van der Waals surface area contributed by atoms with Crippen LogP contribution in [0, 0.1) is 27.6 Å². The van der Waals surface area contributed by atoms with Crippen molar-refractivity contribution in [3.63, 3.8) is 0 Å². The topological polar surface area (TPSA) is 37.3 Å². The van der Waals surface area contributed by atoms with Crippen molar-refractivity contribution in [2.75, 3.05) is 0 Å². The van der Waals surface area contributed by atoms with Gasteiger partial charge < -0.3 is 5.11 Å². The number of aliphatic hydroxyl groups is 1. The van der Waals surface area contributed by atoms with Gasteiger partial charge in [-0.25, -0.2) is 0 Å². The second-order valence-electron chi connectivity index (χ2n) is 9.74. The van der Waals surface area contributed by atoms with E-state index < -0.39 is 5.60 Å². The van der Waals surface area contributed by atoms with Crippen molar-refractivity contribution in [3.8, 4) is 0 Å². The molecule has 0 aliphatic heterocycles. The third-order valence-corrected chi connectivity index (χ3v) is 9.09. The molecule has 5 aliphatic rings. The van der Waals surface area contributed by atoms with E-state index in [9.17, 15) is 9.90 Å². The molecule has 5 aliphatic carbocycles. The fourth-order valence-electron chi connectivity index (χ4n) is 8.20. The fourth-order valence-corrected chi connectivity index (χ4v) is 8.20. The lowest BCUT2D eigenvalue weighted by molar-refractivity contribution is -0.158. The third kappa shape index (κ3) is 1.13. The van der Waals surface area contributed by atoms with Gasteiger partial charge in [0.25, 0.3) is 0 Å². The zero-order valence-corrected chi connectivity index (χ0v) is 13.5. The van der Waals surface area contributed by atoms with Crippen LogP contribution in [0.25, 0.3) is 0 Å². The van der Waals surface area contributed by atoms with Crippen LogP contribution in [0.4, 0.5) is 0 Å². The van der Waals surface area contributed by atoms with Crippen molar-refractivity contribution in [3.05, 3.63) is 0 Å². The van der Waals surface area contributed by atoms with Crippen molar-refractivity contribution in [1.29, 1.82) is 0 Å². The Labute approximate surface area is 127 Å². The molecule has 0 radical (unpaired) electrons. The average Bonchev–Trinajstić information content (AvgIpc) is 3.02. The van der Waals surface area contributed by atoms with Gasteiger partial charge in [0.2, 0.25) is 0 Å². The van der Waals surface area contributed by atoms with Gasteiger partial charge in [-0.15, -0.1) is 0 Å². The Kier molecular flexibility index (Phi) is 2.04. The molecule has 2 spiro atoms. The van der Waals surface area contributed by atoms with Crippen molar-refractivity contribution >= 4 is 5.78 Å². The molecule has 0 heterocycles. The molecule has 21 heavy (non-hydrogen) atoms. The lowest BCUT2D eigenvalue weighted by Crippen LogP contribution is -2.55. The van der Waals surface area contributed by atoms with Crippen LogP contribution in [0.15, 0.2) is 0 Å². The Morgan fingerprint density at radius 1 is 1.00 bits per heavy atom. The number of fused-ring (bicyclic) bond motifs is 3. The number of carbonyl (C=O) groups is 1. The highest BCUT2D eigenvalue weighted by Crippen LogP contribution is 2.84. The molecular weight excluding hydrogens is 260 g/mol. The standard InChI is InChI=1S/C19H28O2/c1-15-6-8-17(9-10-17)14(15)19(21)11-7-16(2)13(20)4-3-5-18(16,19)12-15/h14,21H,3-12H2,1-2H3/t14-,15+,16-,18-,19+/m1/s1. The lowest BCUT2D eigenvalue weighted by atomic mass is 9.53. The predicted octanol–water partition coefficient (Wildman–Crippen LogP) is 3.86. The maximum absolute atomic E-state index is 12.8. The highest BCUT2D eigenvalue weighted by Gasteiger charge is 2.82. The molecular formula is C19H28O2. The lowest BCUT2D eigenvalue weighted by Gasteiger charge is -2.51. The van der Waals surface area contributed by atoms with E-state index >= 15 is 0 Å². The summed E-state index contributed by atoms with van der Waals surface area (Å²) in [5, 5.41) is 12.0. The van der Waals surface area contributed by atoms with E-state index in [1.807, 2.05) is 0 Å².